The number of carbonyl (C=O) groups excluding carboxylic acids is 1. The van der Waals surface area contributed by atoms with Gasteiger partial charge >= 0.3 is 6.03 Å². The lowest BCUT2D eigenvalue weighted by Crippen LogP contribution is -2.34. The number of anilines is 1. The van der Waals surface area contributed by atoms with Gasteiger partial charge < -0.3 is 10.1 Å². The van der Waals surface area contributed by atoms with E-state index in [1.54, 1.807) is 18.2 Å². The molecule has 6 nitrogen and oxygen atoms in total. The predicted molar refractivity (Wildman–Crippen MR) is 94.1 cm³/mol. The van der Waals surface area contributed by atoms with Gasteiger partial charge in [-0.15, -0.1) is 0 Å². The minimum absolute atomic E-state index is 0.000939. The average molecular weight is 360 g/mol. The van der Waals surface area contributed by atoms with Gasteiger partial charge in [-0.25, -0.2) is 13.6 Å². The van der Waals surface area contributed by atoms with Crippen LogP contribution in [0.4, 0.5) is 19.4 Å². The Labute approximate surface area is 148 Å². The van der Waals surface area contributed by atoms with E-state index in [1.165, 1.54) is 18.2 Å². The highest BCUT2D eigenvalue weighted by molar-refractivity contribution is 5.99. The number of nitrogens with one attached hydrogen (secondary N) is 3. The predicted octanol–water partition coefficient (Wildman–Crippen LogP) is 3.95. The largest absolute Gasteiger partial charge is 0.489 e. The quantitative estimate of drug-likeness (QED) is 0.645. The van der Waals surface area contributed by atoms with Crippen LogP contribution in [0.25, 0.3) is 10.9 Å². The first kappa shape index (κ1) is 17.7. The van der Waals surface area contributed by atoms with Crippen LogP contribution in [0.5, 0.6) is 5.75 Å². The van der Waals surface area contributed by atoms with Crippen LogP contribution in [-0.4, -0.2) is 22.3 Å². The molecule has 0 aliphatic heterocycles. The summed E-state index contributed by atoms with van der Waals surface area (Å²) < 4.78 is 32.8. The summed E-state index contributed by atoms with van der Waals surface area (Å²) in [4.78, 5) is 11.8. The molecular weight excluding hydrogens is 342 g/mol. The van der Waals surface area contributed by atoms with Gasteiger partial charge in [-0.3, -0.25) is 10.4 Å². The van der Waals surface area contributed by atoms with Crippen LogP contribution in [0.15, 0.2) is 36.4 Å². The standard InChI is InChI=1S/C18H18F2N4O2/c1-10(2)21-18(25)22-17-12-7-6-11(8-16(12)23-24-17)26-9-13-14(19)4-3-5-15(13)20/h3-8,10H,9H2,1-2H3,(H3,21,22,23,24,25). The van der Waals surface area contributed by atoms with E-state index < -0.39 is 11.6 Å². The smallest absolute Gasteiger partial charge is 0.320 e. The normalized spacial score (nSPS) is 11.0. The van der Waals surface area contributed by atoms with Crippen LogP contribution in [0, 0.1) is 11.6 Å². The molecule has 0 bridgehead atoms. The Morgan fingerprint density at radius 1 is 1.23 bits per heavy atom. The Balaban J connectivity index is 1.73. The maximum Gasteiger partial charge on any atom is 0.320 e. The number of carbonyl (C=O) groups is 1. The molecule has 0 saturated heterocycles. The highest BCUT2D eigenvalue weighted by Gasteiger charge is 2.12. The summed E-state index contributed by atoms with van der Waals surface area (Å²) in [6.45, 7) is 3.47. The van der Waals surface area contributed by atoms with Crippen LogP contribution >= 0.6 is 0 Å². The Hall–Kier alpha value is -3.16. The van der Waals surface area contributed by atoms with E-state index in [0.717, 1.165) is 0 Å². The van der Waals surface area contributed by atoms with Crippen molar-refractivity contribution in [3.05, 3.63) is 53.6 Å². The summed E-state index contributed by atoms with van der Waals surface area (Å²) >= 11 is 0. The van der Waals surface area contributed by atoms with Crippen molar-refractivity contribution in [2.24, 2.45) is 0 Å². The molecular formula is C18H18F2N4O2. The maximum absolute atomic E-state index is 13.6. The summed E-state index contributed by atoms with van der Waals surface area (Å²) in [6, 6.07) is 8.29. The third-order valence-corrected chi connectivity index (χ3v) is 3.63. The number of ether oxygens (including phenoxy) is 1. The molecule has 0 saturated carbocycles. The summed E-state index contributed by atoms with van der Waals surface area (Å²) in [5.41, 5.74) is 0.487. The fourth-order valence-corrected chi connectivity index (χ4v) is 2.42. The number of aromatic amines is 1. The van der Waals surface area contributed by atoms with E-state index >= 15 is 0 Å². The molecule has 0 fully saturated rings. The minimum Gasteiger partial charge on any atom is -0.489 e. The van der Waals surface area contributed by atoms with Crippen LogP contribution in [0.2, 0.25) is 0 Å². The van der Waals surface area contributed by atoms with Gasteiger partial charge in [0.25, 0.3) is 0 Å². The second-order valence-corrected chi connectivity index (χ2v) is 6.02. The first-order valence-electron chi connectivity index (χ1n) is 8.05. The lowest BCUT2D eigenvalue weighted by Gasteiger charge is -2.09. The number of fused-ring (bicyclic) bond motifs is 1. The Morgan fingerprint density at radius 3 is 2.65 bits per heavy atom. The van der Waals surface area contributed by atoms with Crippen molar-refractivity contribution in [3.8, 4) is 5.75 Å². The summed E-state index contributed by atoms with van der Waals surface area (Å²) in [7, 11) is 0. The molecule has 0 radical (unpaired) electrons. The number of benzene rings is 2. The van der Waals surface area contributed by atoms with Crippen molar-refractivity contribution in [1.29, 1.82) is 0 Å². The third-order valence-electron chi connectivity index (χ3n) is 3.63. The van der Waals surface area contributed by atoms with Crippen molar-refractivity contribution >= 4 is 22.8 Å². The second-order valence-electron chi connectivity index (χ2n) is 6.02. The Bertz CT molecular complexity index is 920. The zero-order valence-electron chi connectivity index (χ0n) is 14.3. The van der Waals surface area contributed by atoms with Crippen LogP contribution in [0.3, 0.4) is 0 Å². The lowest BCUT2D eigenvalue weighted by molar-refractivity contribution is 0.250. The molecule has 0 spiro atoms. The molecule has 2 aromatic carbocycles. The van der Waals surface area contributed by atoms with Crippen LogP contribution in [0.1, 0.15) is 19.4 Å². The van der Waals surface area contributed by atoms with E-state index in [9.17, 15) is 13.6 Å². The number of halogens is 2. The van der Waals surface area contributed by atoms with E-state index in [4.69, 9.17) is 4.74 Å². The molecule has 3 N–H and O–H groups in total. The number of rotatable bonds is 5. The van der Waals surface area contributed by atoms with Gasteiger partial charge in [-0.1, -0.05) is 6.07 Å². The van der Waals surface area contributed by atoms with Crippen molar-refractivity contribution in [2.45, 2.75) is 26.5 Å². The molecule has 0 unspecified atom stereocenters. The van der Waals surface area contributed by atoms with Gasteiger partial charge in [0, 0.05) is 17.5 Å². The molecule has 0 atom stereocenters. The number of aromatic nitrogens is 2. The Kier molecular flexibility index (Phi) is 5.01. The molecule has 136 valence electrons. The number of hydrogen-bond donors (Lipinski definition) is 3. The van der Waals surface area contributed by atoms with Crippen molar-refractivity contribution in [1.82, 2.24) is 15.5 Å². The molecule has 1 heterocycles. The lowest BCUT2D eigenvalue weighted by atomic mass is 10.2. The topological polar surface area (TPSA) is 79.0 Å². The zero-order valence-corrected chi connectivity index (χ0v) is 14.3. The van der Waals surface area contributed by atoms with Gasteiger partial charge in [-0.2, -0.15) is 5.10 Å². The van der Waals surface area contributed by atoms with Crippen molar-refractivity contribution in [2.75, 3.05) is 5.32 Å². The molecule has 3 rings (SSSR count). The molecule has 2 amide bonds. The third kappa shape index (κ3) is 3.90. The van der Waals surface area contributed by atoms with Crippen molar-refractivity contribution < 1.29 is 18.3 Å². The van der Waals surface area contributed by atoms with E-state index in [2.05, 4.69) is 20.8 Å². The van der Waals surface area contributed by atoms with Crippen LogP contribution in [-0.2, 0) is 6.61 Å². The first-order valence-corrected chi connectivity index (χ1v) is 8.05. The SMILES string of the molecule is CC(C)NC(=O)Nc1n[nH]c2cc(OCc3c(F)cccc3F)ccc12. The number of nitrogens with zero attached hydrogens (tertiary/aromatic N) is 1. The van der Waals surface area contributed by atoms with Gasteiger partial charge in [0.2, 0.25) is 0 Å². The van der Waals surface area contributed by atoms with E-state index in [1.807, 2.05) is 13.8 Å². The molecule has 1 aromatic heterocycles. The highest BCUT2D eigenvalue weighted by atomic mass is 19.1. The highest BCUT2D eigenvalue weighted by Crippen LogP contribution is 2.25. The number of H-pyrrole nitrogens is 1. The Morgan fingerprint density at radius 2 is 1.96 bits per heavy atom. The summed E-state index contributed by atoms with van der Waals surface area (Å²) in [5, 5.41) is 12.9. The van der Waals surface area contributed by atoms with Gasteiger partial charge in [0.1, 0.15) is 24.0 Å². The zero-order chi connectivity index (χ0) is 18.7. The number of amides is 2. The van der Waals surface area contributed by atoms with Crippen molar-refractivity contribution in [3.63, 3.8) is 0 Å². The molecule has 26 heavy (non-hydrogen) atoms. The number of urea groups is 1. The first-order chi connectivity index (χ1) is 12.4. The maximum atomic E-state index is 13.6. The summed E-state index contributed by atoms with van der Waals surface area (Å²) in [5.74, 6) is -0.516. The monoisotopic (exact) mass is 360 g/mol. The van der Waals surface area contributed by atoms with E-state index in [0.29, 0.717) is 22.5 Å². The number of hydrogen-bond acceptors (Lipinski definition) is 3. The summed E-state index contributed by atoms with van der Waals surface area (Å²) in [6.07, 6.45) is 0. The molecule has 8 heteroatoms. The second kappa shape index (κ2) is 7.38. The minimum atomic E-state index is -0.657. The average Bonchev–Trinajstić information content (AvgIpc) is 2.96. The van der Waals surface area contributed by atoms with Gasteiger partial charge in [0.05, 0.1) is 11.1 Å². The fraction of sp³-hybridized carbons (Fsp3) is 0.222. The van der Waals surface area contributed by atoms with Gasteiger partial charge in [0.15, 0.2) is 5.82 Å². The van der Waals surface area contributed by atoms with Gasteiger partial charge in [-0.05, 0) is 38.1 Å². The molecule has 0 aliphatic carbocycles. The molecule has 3 aromatic rings. The fourth-order valence-electron chi connectivity index (χ4n) is 2.42. The molecule has 0 aliphatic rings. The van der Waals surface area contributed by atoms with E-state index in [-0.39, 0.29) is 24.2 Å². The van der Waals surface area contributed by atoms with Crippen LogP contribution < -0.4 is 15.4 Å².